The molecular formula is C15H17ClN4O2S. The van der Waals surface area contributed by atoms with Crippen LogP contribution in [0.1, 0.15) is 31.9 Å². The fourth-order valence-corrected chi connectivity index (χ4v) is 3.45. The topological polar surface area (TPSA) is 87.8 Å². The molecule has 0 aliphatic carbocycles. The van der Waals surface area contributed by atoms with E-state index in [2.05, 4.69) is 9.82 Å². The number of nitrogens with zero attached hydrogens (tertiary/aromatic N) is 3. The number of hydrogen-bond donors (Lipinski definition) is 1. The fourth-order valence-electron chi connectivity index (χ4n) is 1.94. The Balaban J connectivity index is 2.48. The third-order valence-electron chi connectivity index (χ3n) is 3.26. The lowest BCUT2D eigenvalue weighted by Crippen LogP contribution is -2.23. The maximum absolute atomic E-state index is 12.6. The Labute approximate surface area is 140 Å². The molecule has 0 saturated heterocycles. The van der Waals surface area contributed by atoms with Crippen LogP contribution in [0.25, 0.3) is 0 Å². The van der Waals surface area contributed by atoms with E-state index in [1.54, 1.807) is 23.7 Å². The van der Waals surface area contributed by atoms with Crippen molar-refractivity contribution in [1.29, 1.82) is 5.26 Å². The molecule has 0 spiro atoms. The monoisotopic (exact) mass is 352 g/mol. The Morgan fingerprint density at radius 2 is 2.00 bits per heavy atom. The fraction of sp³-hybridized carbons (Fsp3) is 0.333. The van der Waals surface area contributed by atoms with Crippen LogP contribution in [0.3, 0.4) is 0 Å². The van der Waals surface area contributed by atoms with Gasteiger partial charge < -0.3 is 0 Å². The Morgan fingerprint density at radius 1 is 1.35 bits per heavy atom. The number of sulfonamides is 1. The largest absolute Gasteiger partial charge is 0.264 e. The number of halogens is 1. The van der Waals surface area contributed by atoms with E-state index < -0.39 is 10.0 Å². The summed E-state index contributed by atoms with van der Waals surface area (Å²) in [5.41, 5.74) is 0.222. The molecule has 1 N–H and O–H groups in total. The van der Waals surface area contributed by atoms with Gasteiger partial charge in [0.1, 0.15) is 11.6 Å². The summed E-state index contributed by atoms with van der Waals surface area (Å²) < 4.78 is 29.1. The van der Waals surface area contributed by atoms with Gasteiger partial charge in [0, 0.05) is 11.2 Å². The van der Waals surface area contributed by atoms with Gasteiger partial charge in [-0.25, -0.2) is 8.42 Å². The number of nitrogens with one attached hydrogen (secondary N) is 1. The molecule has 0 unspecified atom stereocenters. The van der Waals surface area contributed by atoms with Crippen LogP contribution in [0.4, 0.5) is 5.82 Å². The summed E-state index contributed by atoms with van der Waals surface area (Å²) in [5.74, 6) is 0.00167. The van der Waals surface area contributed by atoms with Gasteiger partial charge in [0.05, 0.1) is 10.4 Å². The summed E-state index contributed by atoms with van der Waals surface area (Å²) in [6.45, 7) is 7.33. The first-order chi connectivity index (χ1) is 10.6. The van der Waals surface area contributed by atoms with Crippen LogP contribution in [-0.4, -0.2) is 18.2 Å². The van der Waals surface area contributed by atoms with Gasteiger partial charge >= 0.3 is 0 Å². The summed E-state index contributed by atoms with van der Waals surface area (Å²) in [5, 5.41) is 13.7. The van der Waals surface area contributed by atoms with Crippen LogP contribution in [0.5, 0.6) is 0 Å². The molecule has 0 radical (unpaired) electrons. The predicted octanol–water partition coefficient (Wildman–Crippen LogP) is 3.27. The molecule has 0 fully saturated rings. The van der Waals surface area contributed by atoms with Crippen LogP contribution in [0.15, 0.2) is 29.3 Å². The number of nitriles is 1. The van der Waals surface area contributed by atoms with E-state index in [4.69, 9.17) is 11.6 Å². The molecule has 0 amide bonds. The SMILES string of the molecule is Cc1c(Cl)cccc1S(=O)(=O)Nc1nn(C(C)(C)C)cc1C#N. The molecule has 1 heterocycles. The molecule has 1 aromatic heterocycles. The summed E-state index contributed by atoms with van der Waals surface area (Å²) in [6, 6.07) is 6.58. The van der Waals surface area contributed by atoms with Crippen molar-refractivity contribution in [3.63, 3.8) is 0 Å². The zero-order chi connectivity index (χ0) is 17.4. The third kappa shape index (κ3) is 3.49. The number of hydrogen-bond acceptors (Lipinski definition) is 4. The van der Waals surface area contributed by atoms with E-state index in [9.17, 15) is 13.7 Å². The highest BCUT2D eigenvalue weighted by Crippen LogP contribution is 2.26. The minimum Gasteiger partial charge on any atom is -0.264 e. The molecule has 1 aromatic carbocycles. The predicted molar refractivity (Wildman–Crippen MR) is 88.9 cm³/mol. The molecule has 2 aromatic rings. The van der Waals surface area contributed by atoms with Gasteiger partial charge in [-0.05, 0) is 45.4 Å². The Kier molecular flexibility index (Phi) is 4.42. The average molecular weight is 353 g/mol. The van der Waals surface area contributed by atoms with Crippen molar-refractivity contribution in [2.75, 3.05) is 4.72 Å². The van der Waals surface area contributed by atoms with Gasteiger partial charge in [0.15, 0.2) is 5.82 Å². The van der Waals surface area contributed by atoms with Gasteiger partial charge in [0.25, 0.3) is 10.0 Å². The van der Waals surface area contributed by atoms with Crippen molar-refractivity contribution in [2.45, 2.75) is 38.1 Å². The molecule has 8 heteroatoms. The Hall–Kier alpha value is -2.04. The van der Waals surface area contributed by atoms with E-state index in [0.717, 1.165) is 0 Å². The van der Waals surface area contributed by atoms with E-state index in [-0.39, 0.29) is 21.8 Å². The number of rotatable bonds is 3. The highest BCUT2D eigenvalue weighted by molar-refractivity contribution is 7.92. The van der Waals surface area contributed by atoms with Crippen LogP contribution in [0, 0.1) is 18.3 Å². The highest BCUT2D eigenvalue weighted by atomic mass is 35.5. The summed E-state index contributed by atoms with van der Waals surface area (Å²) >= 11 is 5.98. The average Bonchev–Trinajstić information content (AvgIpc) is 2.84. The molecule has 0 bridgehead atoms. The zero-order valence-electron chi connectivity index (χ0n) is 13.3. The summed E-state index contributed by atoms with van der Waals surface area (Å²) in [4.78, 5) is 0.0548. The second-order valence-corrected chi connectivity index (χ2v) is 8.15. The van der Waals surface area contributed by atoms with Crippen LogP contribution in [-0.2, 0) is 15.6 Å². The van der Waals surface area contributed by atoms with Gasteiger partial charge in [-0.15, -0.1) is 0 Å². The zero-order valence-corrected chi connectivity index (χ0v) is 14.8. The lowest BCUT2D eigenvalue weighted by Gasteiger charge is -2.18. The van der Waals surface area contributed by atoms with Gasteiger partial charge in [-0.3, -0.25) is 9.40 Å². The van der Waals surface area contributed by atoms with E-state index in [1.165, 1.54) is 12.3 Å². The minimum atomic E-state index is -3.89. The maximum atomic E-state index is 12.6. The minimum absolute atomic E-state index is 0.00167. The molecule has 6 nitrogen and oxygen atoms in total. The number of benzene rings is 1. The lowest BCUT2D eigenvalue weighted by molar-refractivity contribution is 0.356. The molecule has 2 rings (SSSR count). The number of aromatic nitrogens is 2. The van der Waals surface area contributed by atoms with Crippen molar-refractivity contribution in [3.05, 3.63) is 40.5 Å². The molecule has 0 aliphatic heterocycles. The molecule has 122 valence electrons. The first-order valence-corrected chi connectivity index (χ1v) is 8.70. The van der Waals surface area contributed by atoms with Crippen molar-refractivity contribution in [1.82, 2.24) is 9.78 Å². The normalized spacial score (nSPS) is 12.0. The van der Waals surface area contributed by atoms with Gasteiger partial charge in [-0.1, -0.05) is 17.7 Å². The van der Waals surface area contributed by atoms with Crippen molar-refractivity contribution in [3.8, 4) is 6.07 Å². The van der Waals surface area contributed by atoms with Crippen molar-refractivity contribution >= 4 is 27.4 Å². The highest BCUT2D eigenvalue weighted by Gasteiger charge is 2.24. The molecule has 0 atom stereocenters. The standard InChI is InChI=1S/C15H17ClN4O2S/c1-10-12(16)6-5-7-13(10)23(21,22)19-14-11(8-17)9-20(18-14)15(2,3)4/h5-7,9H,1-4H3,(H,18,19). The second-order valence-electron chi connectivity index (χ2n) is 6.09. The second kappa shape index (κ2) is 5.87. The van der Waals surface area contributed by atoms with Crippen molar-refractivity contribution < 1.29 is 8.42 Å². The van der Waals surface area contributed by atoms with Crippen molar-refractivity contribution in [2.24, 2.45) is 0 Å². The van der Waals surface area contributed by atoms with Crippen LogP contribution >= 0.6 is 11.6 Å². The molecule has 0 aliphatic rings. The van der Waals surface area contributed by atoms with E-state index in [0.29, 0.717) is 10.6 Å². The lowest BCUT2D eigenvalue weighted by atomic mass is 10.1. The van der Waals surface area contributed by atoms with E-state index >= 15 is 0 Å². The van der Waals surface area contributed by atoms with Gasteiger partial charge in [-0.2, -0.15) is 10.4 Å². The van der Waals surface area contributed by atoms with Gasteiger partial charge in [0.2, 0.25) is 0 Å². The Morgan fingerprint density at radius 3 is 2.57 bits per heavy atom. The quantitative estimate of drug-likeness (QED) is 0.918. The van der Waals surface area contributed by atoms with Crippen LogP contribution in [0.2, 0.25) is 5.02 Å². The molecule has 23 heavy (non-hydrogen) atoms. The Bertz CT molecular complexity index is 889. The molecule has 0 saturated carbocycles. The maximum Gasteiger partial charge on any atom is 0.263 e. The van der Waals surface area contributed by atoms with Crippen LogP contribution < -0.4 is 4.72 Å². The summed E-state index contributed by atoms with van der Waals surface area (Å²) in [7, 11) is -3.89. The van der Waals surface area contributed by atoms with E-state index in [1.807, 2.05) is 26.8 Å². The summed E-state index contributed by atoms with van der Waals surface area (Å²) in [6.07, 6.45) is 1.52. The third-order valence-corrected chi connectivity index (χ3v) is 5.15. The smallest absolute Gasteiger partial charge is 0.263 e. The number of anilines is 1. The first-order valence-electron chi connectivity index (χ1n) is 6.84. The molecular weight excluding hydrogens is 336 g/mol. The first kappa shape index (κ1) is 17.3.